The first-order valence-corrected chi connectivity index (χ1v) is 8.98. The minimum atomic E-state index is 0.453. The number of rotatable bonds is 5. The highest BCUT2D eigenvalue weighted by Crippen LogP contribution is 2.38. The van der Waals surface area contributed by atoms with E-state index in [0.29, 0.717) is 6.04 Å². The third-order valence-corrected chi connectivity index (χ3v) is 6.05. The zero-order chi connectivity index (χ0) is 14.5. The number of nitrogens with one attached hydrogen (secondary N) is 1. The molecule has 0 aromatic heterocycles. The number of benzene rings is 1. The Balaban J connectivity index is 1.90. The van der Waals surface area contributed by atoms with Gasteiger partial charge >= 0.3 is 0 Å². The fourth-order valence-corrected chi connectivity index (χ4v) is 4.39. The van der Waals surface area contributed by atoms with Gasteiger partial charge in [0.1, 0.15) is 0 Å². The maximum absolute atomic E-state index is 3.47. The largest absolute Gasteiger partial charge is 0.310 e. The van der Waals surface area contributed by atoms with Crippen molar-refractivity contribution < 1.29 is 0 Å². The Morgan fingerprint density at radius 3 is 2.45 bits per heavy atom. The molecule has 1 aliphatic rings. The molecule has 112 valence electrons. The minimum absolute atomic E-state index is 0.453. The van der Waals surface area contributed by atoms with E-state index in [1.807, 2.05) is 0 Å². The number of thioether (sulfide) groups is 1. The zero-order valence-electron chi connectivity index (χ0n) is 13.4. The Kier molecular flexibility index (Phi) is 5.98. The molecule has 0 heterocycles. The van der Waals surface area contributed by atoms with Crippen LogP contribution in [0, 0.1) is 11.8 Å². The lowest BCUT2D eigenvalue weighted by Crippen LogP contribution is -2.22. The standard InChI is InChI=1S/C18H29NS/c1-5-19-15(4)16-7-10-17(11-8-16)20-18-9-6-13(2)14(3)12-18/h7-8,10-11,13-15,18-19H,5-6,9,12H2,1-4H3. The van der Waals surface area contributed by atoms with Crippen molar-refractivity contribution in [2.75, 3.05) is 6.54 Å². The van der Waals surface area contributed by atoms with E-state index in [1.54, 1.807) is 0 Å². The van der Waals surface area contributed by atoms with Crippen molar-refractivity contribution in [1.29, 1.82) is 0 Å². The van der Waals surface area contributed by atoms with Gasteiger partial charge in [0.15, 0.2) is 0 Å². The quantitative estimate of drug-likeness (QED) is 0.792. The van der Waals surface area contributed by atoms with Crippen molar-refractivity contribution in [3.63, 3.8) is 0 Å². The topological polar surface area (TPSA) is 12.0 Å². The SMILES string of the molecule is CCNC(C)c1ccc(SC2CCC(C)C(C)C2)cc1. The summed E-state index contributed by atoms with van der Waals surface area (Å²) in [7, 11) is 0. The number of hydrogen-bond acceptors (Lipinski definition) is 2. The summed E-state index contributed by atoms with van der Waals surface area (Å²) < 4.78 is 0. The van der Waals surface area contributed by atoms with Crippen LogP contribution in [0.25, 0.3) is 0 Å². The average molecular weight is 292 g/mol. The van der Waals surface area contributed by atoms with Crippen LogP contribution >= 0.6 is 11.8 Å². The van der Waals surface area contributed by atoms with E-state index >= 15 is 0 Å². The molecule has 1 saturated carbocycles. The summed E-state index contributed by atoms with van der Waals surface area (Å²) in [5.41, 5.74) is 1.39. The Bertz CT molecular complexity index is 400. The van der Waals surface area contributed by atoms with Gasteiger partial charge in [-0.05, 0) is 62.3 Å². The summed E-state index contributed by atoms with van der Waals surface area (Å²) >= 11 is 2.08. The molecule has 0 spiro atoms. The molecule has 0 amide bonds. The maximum atomic E-state index is 3.47. The van der Waals surface area contributed by atoms with Crippen LogP contribution in [0.5, 0.6) is 0 Å². The van der Waals surface area contributed by atoms with E-state index in [4.69, 9.17) is 0 Å². The van der Waals surface area contributed by atoms with Crippen molar-refractivity contribution in [2.45, 2.75) is 63.1 Å². The van der Waals surface area contributed by atoms with Crippen molar-refractivity contribution in [2.24, 2.45) is 11.8 Å². The first-order valence-electron chi connectivity index (χ1n) is 8.10. The average Bonchev–Trinajstić information content (AvgIpc) is 2.44. The van der Waals surface area contributed by atoms with Crippen LogP contribution in [0.4, 0.5) is 0 Å². The molecular weight excluding hydrogens is 262 g/mol. The smallest absolute Gasteiger partial charge is 0.0291 e. The predicted octanol–water partition coefficient (Wildman–Crippen LogP) is 5.27. The first kappa shape index (κ1) is 15.9. The van der Waals surface area contributed by atoms with Gasteiger partial charge in [-0.2, -0.15) is 0 Å². The zero-order valence-corrected chi connectivity index (χ0v) is 14.2. The first-order chi connectivity index (χ1) is 9.60. The van der Waals surface area contributed by atoms with Crippen LogP contribution < -0.4 is 5.32 Å². The second-order valence-corrected chi connectivity index (χ2v) is 7.73. The van der Waals surface area contributed by atoms with Crippen LogP contribution in [0.15, 0.2) is 29.2 Å². The summed E-state index contributed by atoms with van der Waals surface area (Å²) in [4.78, 5) is 1.43. The van der Waals surface area contributed by atoms with E-state index in [0.717, 1.165) is 23.6 Å². The summed E-state index contributed by atoms with van der Waals surface area (Å²) in [6.07, 6.45) is 4.15. The van der Waals surface area contributed by atoms with Gasteiger partial charge in [0.25, 0.3) is 0 Å². The fraction of sp³-hybridized carbons (Fsp3) is 0.667. The molecule has 2 heteroatoms. The van der Waals surface area contributed by atoms with Crippen molar-refractivity contribution in [1.82, 2.24) is 5.32 Å². The minimum Gasteiger partial charge on any atom is -0.310 e. The van der Waals surface area contributed by atoms with Crippen LogP contribution in [0.1, 0.15) is 58.6 Å². The van der Waals surface area contributed by atoms with E-state index in [-0.39, 0.29) is 0 Å². The van der Waals surface area contributed by atoms with Crippen LogP contribution in [-0.2, 0) is 0 Å². The van der Waals surface area contributed by atoms with E-state index in [1.165, 1.54) is 29.7 Å². The highest BCUT2D eigenvalue weighted by Gasteiger charge is 2.25. The summed E-state index contributed by atoms with van der Waals surface area (Å²) in [5.74, 6) is 1.80. The van der Waals surface area contributed by atoms with Gasteiger partial charge < -0.3 is 5.32 Å². The molecule has 1 fully saturated rings. The highest BCUT2D eigenvalue weighted by atomic mass is 32.2. The Hall–Kier alpha value is -0.470. The summed E-state index contributed by atoms with van der Waals surface area (Å²) in [6, 6.07) is 9.62. The molecule has 4 unspecified atom stereocenters. The monoisotopic (exact) mass is 291 g/mol. The van der Waals surface area contributed by atoms with Gasteiger partial charge in [-0.1, -0.05) is 32.9 Å². The van der Waals surface area contributed by atoms with Crippen LogP contribution in [0.2, 0.25) is 0 Å². The van der Waals surface area contributed by atoms with Gasteiger partial charge in [-0.25, -0.2) is 0 Å². The van der Waals surface area contributed by atoms with Gasteiger partial charge in [0.05, 0.1) is 0 Å². The second kappa shape index (κ2) is 7.51. The lowest BCUT2D eigenvalue weighted by molar-refractivity contribution is 0.283. The van der Waals surface area contributed by atoms with Crippen LogP contribution in [0.3, 0.4) is 0 Å². The third-order valence-electron chi connectivity index (χ3n) is 4.74. The Morgan fingerprint density at radius 1 is 1.15 bits per heavy atom. The third kappa shape index (κ3) is 4.26. The lowest BCUT2D eigenvalue weighted by atomic mass is 9.81. The van der Waals surface area contributed by atoms with E-state index in [9.17, 15) is 0 Å². The summed E-state index contributed by atoms with van der Waals surface area (Å²) in [5, 5.41) is 4.28. The molecule has 20 heavy (non-hydrogen) atoms. The van der Waals surface area contributed by atoms with Gasteiger partial charge in [0.2, 0.25) is 0 Å². The molecular formula is C18H29NS. The predicted molar refractivity (Wildman–Crippen MR) is 90.4 cm³/mol. The fourth-order valence-electron chi connectivity index (χ4n) is 3.06. The van der Waals surface area contributed by atoms with Crippen molar-refractivity contribution in [3.8, 4) is 0 Å². The van der Waals surface area contributed by atoms with Crippen molar-refractivity contribution in [3.05, 3.63) is 29.8 Å². The summed E-state index contributed by atoms with van der Waals surface area (Å²) in [6.45, 7) is 10.2. The van der Waals surface area contributed by atoms with Crippen LogP contribution in [-0.4, -0.2) is 11.8 Å². The molecule has 1 aliphatic carbocycles. The molecule has 0 aliphatic heterocycles. The van der Waals surface area contributed by atoms with E-state index in [2.05, 4.69) is 69.0 Å². The number of hydrogen-bond donors (Lipinski definition) is 1. The van der Waals surface area contributed by atoms with Gasteiger partial charge in [-0.3, -0.25) is 0 Å². The van der Waals surface area contributed by atoms with Gasteiger partial charge in [-0.15, -0.1) is 11.8 Å². The molecule has 1 nitrogen and oxygen atoms in total. The van der Waals surface area contributed by atoms with Crippen molar-refractivity contribution >= 4 is 11.8 Å². The lowest BCUT2D eigenvalue weighted by Gasteiger charge is -2.31. The molecule has 1 aromatic carbocycles. The molecule has 2 rings (SSSR count). The Morgan fingerprint density at radius 2 is 1.85 bits per heavy atom. The molecule has 1 aromatic rings. The van der Waals surface area contributed by atoms with Gasteiger partial charge in [0, 0.05) is 16.2 Å². The normalized spacial score (nSPS) is 28.3. The molecule has 0 radical (unpaired) electrons. The Labute approximate surface area is 128 Å². The molecule has 4 atom stereocenters. The molecule has 0 saturated heterocycles. The maximum Gasteiger partial charge on any atom is 0.0291 e. The second-order valence-electron chi connectivity index (χ2n) is 6.36. The highest BCUT2D eigenvalue weighted by molar-refractivity contribution is 8.00. The molecule has 0 bridgehead atoms. The van der Waals surface area contributed by atoms with E-state index < -0.39 is 0 Å². The molecule has 1 N–H and O–H groups in total.